The van der Waals surface area contributed by atoms with Crippen LogP contribution in [0.15, 0.2) is 29.2 Å². The highest BCUT2D eigenvalue weighted by Gasteiger charge is 2.37. The molecule has 3 N–H and O–H groups in total. The molecular formula is C14H22N2O3S. The molecule has 1 aromatic rings. The van der Waals surface area contributed by atoms with E-state index in [-0.39, 0.29) is 17.0 Å². The van der Waals surface area contributed by atoms with Crippen LogP contribution in [0.1, 0.15) is 32.6 Å². The van der Waals surface area contributed by atoms with Gasteiger partial charge in [0.05, 0.1) is 17.8 Å². The third-order valence-corrected chi connectivity index (χ3v) is 5.25. The van der Waals surface area contributed by atoms with Gasteiger partial charge in [0.25, 0.3) is 0 Å². The average molecular weight is 298 g/mol. The first-order valence-electron chi connectivity index (χ1n) is 7.01. The summed E-state index contributed by atoms with van der Waals surface area (Å²) in [6.07, 6.45) is 3.52. The molecular weight excluding hydrogens is 276 g/mol. The van der Waals surface area contributed by atoms with Crippen molar-refractivity contribution >= 4 is 15.7 Å². The molecule has 1 saturated carbocycles. The summed E-state index contributed by atoms with van der Waals surface area (Å²) in [7, 11) is -3.51. The lowest BCUT2D eigenvalue weighted by Gasteiger charge is -2.42. The Hall–Kier alpha value is -1.11. The Labute approximate surface area is 120 Å². The minimum atomic E-state index is -3.51. The highest BCUT2D eigenvalue weighted by molar-refractivity contribution is 7.89. The van der Waals surface area contributed by atoms with E-state index in [2.05, 4.69) is 10.0 Å². The lowest BCUT2D eigenvalue weighted by molar-refractivity contribution is 0.144. The predicted molar refractivity (Wildman–Crippen MR) is 79.2 cm³/mol. The van der Waals surface area contributed by atoms with Crippen molar-refractivity contribution < 1.29 is 13.5 Å². The number of rotatable bonds is 7. The topological polar surface area (TPSA) is 78.4 Å². The van der Waals surface area contributed by atoms with Crippen molar-refractivity contribution in [3.05, 3.63) is 24.3 Å². The van der Waals surface area contributed by atoms with Crippen LogP contribution in [0, 0.1) is 0 Å². The zero-order valence-corrected chi connectivity index (χ0v) is 12.5. The average Bonchev–Trinajstić information content (AvgIpc) is 2.41. The Morgan fingerprint density at radius 2 is 2.00 bits per heavy atom. The smallest absolute Gasteiger partial charge is 0.242 e. The van der Waals surface area contributed by atoms with Crippen LogP contribution in [0.2, 0.25) is 0 Å². The van der Waals surface area contributed by atoms with E-state index in [0.29, 0.717) is 12.2 Å². The Balaban J connectivity index is 2.26. The summed E-state index contributed by atoms with van der Waals surface area (Å²) < 4.78 is 27.1. The molecule has 1 aromatic carbocycles. The molecule has 0 aliphatic heterocycles. The minimum absolute atomic E-state index is 0.0176. The molecule has 5 nitrogen and oxygen atoms in total. The third kappa shape index (κ3) is 3.13. The Morgan fingerprint density at radius 1 is 1.30 bits per heavy atom. The third-order valence-electron chi connectivity index (χ3n) is 3.73. The number of hydrogen-bond donors (Lipinski definition) is 3. The van der Waals surface area contributed by atoms with Gasteiger partial charge in [-0.1, -0.05) is 19.1 Å². The van der Waals surface area contributed by atoms with Gasteiger partial charge in [0, 0.05) is 6.54 Å². The monoisotopic (exact) mass is 298 g/mol. The number of aliphatic hydroxyl groups is 1. The van der Waals surface area contributed by atoms with Gasteiger partial charge in [-0.05, 0) is 37.8 Å². The second-order valence-electron chi connectivity index (χ2n) is 5.31. The largest absolute Gasteiger partial charge is 0.394 e. The molecule has 1 aliphatic carbocycles. The normalized spacial score (nSPS) is 17.5. The second-order valence-corrected chi connectivity index (χ2v) is 7.05. The number of aliphatic hydroxyl groups excluding tert-OH is 1. The van der Waals surface area contributed by atoms with E-state index in [0.717, 1.165) is 25.7 Å². The predicted octanol–water partition coefficient (Wildman–Crippen LogP) is 1.70. The van der Waals surface area contributed by atoms with Crippen LogP contribution in [0.5, 0.6) is 0 Å². The maximum absolute atomic E-state index is 12.3. The van der Waals surface area contributed by atoms with Crippen molar-refractivity contribution in [2.45, 2.75) is 43.0 Å². The Morgan fingerprint density at radius 3 is 2.55 bits per heavy atom. The van der Waals surface area contributed by atoms with Crippen molar-refractivity contribution in [1.82, 2.24) is 4.72 Å². The van der Waals surface area contributed by atoms with Gasteiger partial charge in [-0.3, -0.25) is 0 Å². The number of benzene rings is 1. The van der Waals surface area contributed by atoms with Crippen LogP contribution < -0.4 is 10.0 Å². The van der Waals surface area contributed by atoms with Crippen molar-refractivity contribution in [2.75, 3.05) is 18.5 Å². The van der Waals surface area contributed by atoms with E-state index in [4.69, 9.17) is 0 Å². The van der Waals surface area contributed by atoms with Crippen LogP contribution in [0.25, 0.3) is 0 Å². The van der Waals surface area contributed by atoms with E-state index in [1.54, 1.807) is 24.3 Å². The summed E-state index contributed by atoms with van der Waals surface area (Å²) in [5.41, 5.74) is 0.195. The number of sulfonamides is 1. The number of hydrogen-bond acceptors (Lipinski definition) is 4. The van der Waals surface area contributed by atoms with Crippen molar-refractivity contribution in [3.8, 4) is 0 Å². The molecule has 2 rings (SSSR count). The molecule has 6 heteroatoms. The van der Waals surface area contributed by atoms with Crippen LogP contribution in [0.3, 0.4) is 0 Å². The highest BCUT2D eigenvalue weighted by Crippen LogP contribution is 2.36. The highest BCUT2D eigenvalue weighted by atomic mass is 32.2. The minimum Gasteiger partial charge on any atom is -0.394 e. The summed E-state index contributed by atoms with van der Waals surface area (Å²) in [4.78, 5) is 0.244. The van der Waals surface area contributed by atoms with E-state index in [1.165, 1.54) is 0 Å². The van der Waals surface area contributed by atoms with Gasteiger partial charge in [-0.2, -0.15) is 0 Å². The van der Waals surface area contributed by atoms with E-state index in [9.17, 15) is 13.5 Å². The quantitative estimate of drug-likeness (QED) is 0.716. The molecule has 0 saturated heterocycles. The van der Waals surface area contributed by atoms with Gasteiger partial charge >= 0.3 is 0 Å². The molecule has 0 bridgehead atoms. The van der Waals surface area contributed by atoms with Crippen LogP contribution >= 0.6 is 0 Å². The first-order valence-corrected chi connectivity index (χ1v) is 8.49. The summed E-state index contributed by atoms with van der Waals surface area (Å²) in [5, 5.41) is 12.7. The Bertz CT molecular complexity index is 548. The zero-order valence-electron chi connectivity index (χ0n) is 11.7. The van der Waals surface area contributed by atoms with Gasteiger partial charge in [0.1, 0.15) is 4.90 Å². The summed E-state index contributed by atoms with van der Waals surface area (Å²) in [6, 6.07) is 6.84. The van der Waals surface area contributed by atoms with Crippen LogP contribution in [0.4, 0.5) is 5.69 Å². The van der Waals surface area contributed by atoms with Crippen molar-refractivity contribution in [3.63, 3.8) is 0 Å². The molecule has 0 aromatic heterocycles. The fourth-order valence-corrected chi connectivity index (χ4v) is 3.62. The maximum Gasteiger partial charge on any atom is 0.242 e. The van der Waals surface area contributed by atoms with Crippen LogP contribution in [-0.4, -0.2) is 32.2 Å². The van der Waals surface area contributed by atoms with Gasteiger partial charge in [-0.25, -0.2) is 13.1 Å². The van der Waals surface area contributed by atoms with Crippen molar-refractivity contribution in [2.24, 2.45) is 0 Å². The summed E-state index contributed by atoms with van der Waals surface area (Å²) in [6.45, 7) is 2.35. The number of para-hydroxylation sites is 1. The van der Waals surface area contributed by atoms with Crippen LogP contribution in [-0.2, 0) is 10.0 Å². The fourth-order valence-electron chi connectivity index (χ4n) is 2.33. The van der Waals surface area contributed by atoms with Crippen molar-refractivity contribution in [1.29, 1.82) is 0 Å². The number of nitrogens with one attached hydrogen (secondary N) is 2. The Kier molecular flexibility index (Phi) is 4.67. The van der Waals surface area contributed by atoms with Gasteiger partial charge < -0.3 is 10.4 Å². The SMILES string of the molecule is CCCNS(=O)(=O)c1ccccc1NC1(CO)CCC1. The lowest BCUT2D eigenvalue weighted by atomic mass is 9.77. The second kappa shape index (κ2) is 6.11. The fraction of sp³-hybridized carbons (Fsp3) is 0.571. The van der Waals surface area contributed by atoms with E-state index < -0.39 is 10.0 Å². The molecule has 0 amide bonds. The molecule has 20 heavy (non-hydrogen) atoms. The van der Waals surface area contributed by atoms with Gasteiger partial charge in [0.2, 0.25) is 10.0 Å². The van der Waals surface area contributed by atoms with E-state index in [1.807, 2.05) is 6.92 Å². The zero-order chi connectivity index (χ0) is 14.6. The summed E-state index contributed by atoms with van der Waals surface area (Å²) in [5.74, 6) is 0. The molecule has 0 unspecified atom stereocenters. The standard InChI is InChI=1S/C14H22N2O3S/c1-2-10-15-20(18,19)13-7-4-3-6-12(13)16-14(11-17)8-5-9-14/h3-4,6-7,15-17H,2,5,8-11H2,1H3. The molecule has 0 atom stereocenters. The van der Waals surface area contributed by atoms with Gasteiger partial charge in [0.15, 0.2) is 0 Å². The molecule has 112 valence electrons. The summed E-state index contributed by atoms with van der Waals surface area (Å²) >= 11 is 0. The van der Waals surface area contributed by atoms with E-state index >= 15 is 0 Å². The number of anilines is 1. The first-order chi connectivity index (χ1) is 9.53. The molecule has 0 radical (unpaired) electrons. The molecule has 1 fully saturated rings. The molecule has 0 spiro atoms. The maximum atomic E-state index is 12.3. The lowest BCUT2D eigenvalue weighted by Crippen LogP contribution is -2.48. The molecule has 1 aliphatic rings. The molecule has 0 heterocycles. The first kappa shape index (κ1) is 15.3. The van der Waals surface area contributed by atoms with Gasteiger partial charge in [-0.15, -0.1) is 0 Å².